The summed E-state index contributed by atoms with van der Waals surface area (Å²) in [5, 5.41) is 13.9. The van der Waals surface area contributed by atoms with Crippen LogP contribution in [0.5, 0.6) is 0 Å². The average Bonchev–Trinajstić information content (AvgIpc) is 3.27. The largest absolute Gasteiger partial charge is 0.452 e. The number of ether oxygens (including phenoxy) is 1. The average molecular weight is 393 g/mol. The Morgan fingerprint density at radius 2 is 1.79 bits per heavy atom. The van der Waals surface area contributed by atoms with Gasteiger partial charge in [0.05, 0.1) is 17.3 Å². The highest BCUT2D eigenvalue weighted by Gasteiger charge is 2.17. The summed E-state index contributed by atoms with van der Waals surface area (Å²) >= 11 is 0. The Hall–Kier alpha value is -3.55. The van der Waals surface area contributed by atoms with Crippen molar-refractivity contribution in [1.29, 1.82) is 0 Å². The zero-order valence-corrected chi connectivity index (χ0v) is 16.4. The summed E-state index contributed by atoms with van der Waals surface area (Å²) in [5.74, 6) is -0.497. The van der Waals surface area contributed by atoms with Crippen LogP contribution in [0.4, 0.5) is 0 Å². The fourth-order valence-electron chi connectivity index (χ4n) is 2.92. The van der Waals surface area contributed by atoms with Crippen LogP contribution in [-0.4, -0.2) is 38.7 Å². The number of amides is 1. The Labute approximate surface area is 168 Å². The maximum atomic E-state index is 12.3. The van der Waals surface area contributed by atoms with E-state index in [1.165, 1.54) is 11.0 Å². The lowest BCUT2D eigenvalue weighted by Gasteiger charge is -2.21. The van der Waals surface area contributed by atoms with Gasteiger partial charge < -0.3 is 10.1 Å². The molecule has 3 rings (SSSR count). The molecule has 0 fully saturated rings. The van der Waals surface area contributed by atoms with E-state index < -0.39 is 5.97 Å². The summed E-state index contributed by atoms with van der Waals surface area (Å²) in [6.45, 7) is 3.86. The zero-order chi connectivity index (χ0) is 20.6. The molecule has 0 bridgehead atoms. The minimum atomic E-state index is -0.566. The van der Waals surface area contributed by atoms with Crippen LogP contribution in [-0.2, 0) is 9.53 Å². The second-order valence-electron chi connectivity index (χ2n) is 7.04. The van der Waals surface area contributed by atoms with E-state index in [0.717, 1.165) is 12.0 Å². The number of nitrogens with one attached hydrogen (secondary N) is 1. The van der Waals surface area contributed by atoms with Gasteiger partial charge in [0, 0.05) is 0 Å². The topological polar surface area (TPSA) is 99.0 Å². The first-order valence-electron chi connectivity index (χ1n) is 9.38. The molecule has 0 radical (unpaired) electrons. The van der Waals surface area contributed by atoms with E-state index in [0.29, 0.717) is 17.2 Å². The predicted molar refractivity (Wildman–Crippen MR) is 106 cm³/mol. The smallest absolute Gasteiger partial charge is 0.338 e. The Kier molecular flexibility index (Phi) is 6.67. The SMILES string of the molecule is CC(C)C[C@H](NC(=O)COC(=O)c1ccc(-n2cnnn2)cc1)c1ccccc1. The number of carbonyl (C=O) groups is 2. The second-order valence-corrected chi connectivity index (χ2v) is 7.04. The summed E-state index contributed by atoms with van der Waals surface area (Å²) in [4.78, 5) is 24.6. The van der Waals surface area contributed by atoms with Crippen molar-refractivity contribution in [3.05, 3.63) is 72.1 Å². The first-order chi connectivity index (χ1) is 14.0. The number of esters is 1. The predicted octanol–water partition coefficient (Wildman–Crippen LogP) is 2.72. The maximum Gasteiger partial charge on any atom is 0.338 e. The molecule has 8 nitrogen and oxygen atoms in total. The van der Waals surface area contributed by atoms with Crippen LogP contribution in [0.3, 0.4) is 0 Å². The zero-order valence-electron chi connectivity index (χ0n) is 16.4. The highest BCUT2D eigenvalue weighted by molar-refractivity contribution is 5.91. The number of nitrogens with zero attached hydrogens (tertiary/aromatic N) is 4. The molecule has 1 aromatic heterocycles. The van der Waals surface area contributed by atoms with Crippen molar-refractivity contribution in [2.75, 3.05) is 6.61 Å². The molecular weight excluding hydrogens is 370 g/mol. The van der Waals surface area contributed by atoms with Gasteiger partial charge in [-0.15, -0.1) is 5.10 Å². The van der Waals surface area contributed by atoms with Crippen molar-refractivity contribution in [2.45, 2.75) is 26.3 Å². The Bertz CT molecular complexity index is 925. The van der Waals surface area contributed by atoms with Gasteiger partial charge in [0.1, 0.15) is 6.33 Å². The number of hydrogen-bond donors (Lipinski definition) is 1. The lowest BCUT2D eigenvalue weighted by Crippen LogP contribution is -2.33. The van der Waals surface area contributed by atoms with Crippen molar-refractivity contribution in [3.8, 4) is 5.69 Å². The van der Waals surface area contributed by atoms with Gasteiger partial charge in [0.15, 0.2) is 6.61 Å². The third-order valence-electron chi connectivity index (χ3n) is 4.30. The standard InChI is InChI=1S/C21H23N5O3/c1-15(2)12-19(16-6-4-3-5-7-16)23-20(27)13-29-21(28)17-8-10-18(11-9-17)26-14-22-24-25-26/h3-11,14-15,19H,12-13H2,1-2H3,(H,23,27)/t19-/m0/s1. The molecule has 0 aliphatic carbocycles. The molecule has 0 saturated carbocycles. The van der Waals surface area contributed by atoms with Gasteiger partial charge in [-0.3, -0.25) is 4.79 Å². The summed E-state index contributed by atoms with van der Waals surface area (Å²) in [5.41, 5.74) is 2.08. The van der Waals surface area contributed by atoms with Crippen molar-refractivity contribution >= 4 is 11.9 Å². The Balaban J connectivity index is 1.55. The summed E-state index contributed by atoms with van der Waals surface area (Å²) in [6, 6.07) is 16.2. The molecule has 1 N–H and O–H groups in total. The van der Waals surface area contributed by atoms with E-state index in [2.05, 4.69) is 34.7 Å². The lowest BCUT2D eigenvalue weighted by atomic mass is 9.97. The van der Waals surface area contributed by atoms with E-state index in [-0.39, 0.29) is 18.6 Å². The third-order valence-corrected chi connectivity index (χ3v) is 4.30. The molecule has 1 heterocycles. The number of benzene rings is 2. The first-order valence-corrected chi connectivity index (χ1v) is 9.38. The Morgan fingerprint density at radius 3 is 2.41 bits per heavy atom. The molecule has 0 aliphatic heterocycles. The van der Waals surface area contributed by atoms with Crippen LogP contribution >= 0.6 is 0 Å². The van der Waals surface area contributed by atoms with E-state index in [9.17, 15) is 9.59 Å². The first kappa shape index (κ1) is 20.2. The molecular formula is C21H23N5O3. The van der Waals surface area contributed by atoms with Crippen LogP contribution in [0.15, 0.2) is 60.9 Å². The third kappa shape index (κ3) is 5.71. The van der Waals surface area contributed by atoms with Crippen LogP contribution in [0.1, 0.15) is 42.2 Å². The number of carbonyl (C=O) groups excluding carboxylic acids is 2. The van der Waals surface area contributed by atoms with Gasteiger partial charge in [-0.25, -0.2) is 9.48 Å². The highest BCUT2D eigenvalue weighted by Crippen LogP contribution is 2.21. The van der Waals surface area contributed by atoms with Gasteiger partial charge in [-0.05, 0) is 52.6 Å². The molecule has 0 aliphatic rings. The molecule has 29 heavy (non-hydrogen) atoms. The molecule has 0 spiro atoms. The van der Waals surface area contributed by atoms with Crippen molar-refractivity contribution < 1.29 is 14.3 Å². The minimum Gasteiger partial charge on any atom is -0.452 e. The van der Waals surface area contributed by atoms with Gasteiger partial charge in [-0.2, -0.15) is 0 Å². The molecule has 0 unspecified atom stereocenters. The molecule has 3 aromatic rings. The monoisotopic (exact) mass is 393 g/mol. The van der Waals surface area contributed by atoms with Crippen LogP contribution in [0, 0.1) is 5.92 Å². The number of tetrazole rings is 1. The lowest BCUT2D eigenvalue weighted by molar-refractivity contribution is -0.125. The van der Waals surface area contributed by atoms with Gasteiger partial charge in [0.2, 0.25) is 0 Å². The maximum absolute atomic E-state index is 12.3. The quantitative estimate of drug-likeness (QED) is 0.591. The van der Waals surface area contributed by atoms with Crippen molar-refractivity contribution in [3.63, 3.8) is 0 Å². The highest BCUT2D eigenvalue weighted by atomic mass is 16.5. The molecule has 2 aromatic carbocycles. The number of rotatable bonds is 8. The summed E-state index contributed by atoms with van der Waals surface area (Å²) in [6.07, 6.45) is 2.25. The Morgan fingerprint density at radius 1 is 1.07 bits per heavy atom. The van der Waals surface area contributed by atoms with Crippen molar-refractivity contribution in [1.82, 2.24) is 25.5 Å². The van der Waals surface area contributed by atoms with E-state index >= 15 is 0 Å². The number of hydrogen-bond acceptors (Lipinski definition) is 6. The van der Waals surface area contributed by atoms with E-state index in [1.807, 2.05) is 30.3 Å². The number of aromatic nitrogens is 4. The van der Waals surface area contributed by atoms with Crippen LogP contribution in [0.25, 0.3) is 5.69 Å². The van der Waals surface area contributed by atoms with Gasteiger partial charge in [0.25, 0.3) is 5.91 Å². The van der Waals surface area contributed by atoms with E-state index in [4.69, 9.17) is 4.74 Å². The fraction of sp³-hybridized carbons (Fsp3) is 0.286. The fourth-order valence-corrected chi connectivity index (χ4v) is 2.92. The minimum absolute atomic E-state index is 0.127. The van der Waals surface area contributed by atoms with Gasteiger partial charge >= 0.3 is 5.97 Å². The molecule has 1 atom stereocenters. The molecule has 0 saturated heterocycles. The van der Waals surface area contributed by atoms with Gasteiger partial charge in [-0.1, -0.05) is 44.2 Å². The van der Waals surface area contributed by atoms with E-state index in [1.54, 1.807) is 24.3 Å². The molecule has 8 heteroatoms. The van der Waals surface area contributed by atoms with Crippen LogP contribution in [0.2, 0.25) is 0 Å². The summed E-state index contributed by atoms with van der Waals surface area (Å²) < 4.78 is 6.64. The van der Waals surface area contributed by atoms with Crippen LogP contribution < -0.4 is 5.32 Å². The second kappa shape index (κ2) is 9.59. The van der Waals surface area contributed by atoms with Crippen molar-refractivity contribution in [2.24, 2.45) is 5.92 Å². The molecule has 150 valence electrons. The normalized spacial score (nSPS) is 11.8. The summed E-state index contributed by atoms with van der Waals surface area (Å²) in [7, 11) is 0. The molecule has 1 amide bonds.